The van der Waals surface area contributed by atoms with Crippen molar-refractivity contribution in [2.24, 2.45) is 0 Å². The van der Waals surface area contributed by atoms with Crippen LogP contribution in [0.25, 0.3) is 0 Å². The summed E-state index contributed by atoms with van der Waals surface area (Å²) < 4.78 is 22.9. The smallest absolute Gasteiger partial charge is 0.465 e. The molecule has 0 spiro atoms. The van der Waals surface area contributed by atoms with Crippen molar-refractivity contribution < 1.29 is 28.6 Å². The molecule has 1 heterocycles. The van der Waals surface area contributed by atoms with Gasteiger partial charge in [-0.2, -0.15) is 0 Å². The molecule has 1 saturated heterocycles. The molecule has 1 amide bonds. The fourth-order valence-corrected chi connectivity index (χ4v) is 1.40. The minimum atomic E-state index is -1.52. The Morgan fingerprint density at radius 2 is 1.94 bits per heavy atom. The van der Waals surface area contributed by atoms with E-state index in [0.717, 1.165) is 4.90 Å². The molecule has 17 heavy (non-hydrogen) atoms. The summed E-state index contributed by atoms with van der Waals surface area (Å²) >= 11 is 0. The second-order valence-electron chi connectivity index (χ2n) is 4.82. The van der Waals surface area contributed by atoms with Gasteiger partial charge in [-0.15, -0.1) is 0 Å². The van der Waals surface area contributed by atoms with Crippen LogP contribution < -0.4 is 0 Å². The summed E-state index contributed by atoms with van der Waals surface area (Å²) in [4.78, 5) is 22.7. The molecule has 2 atom stereocenters. The van der Waals surface area contributed by atoms with E-state index < -0.39 is 30.1 Å². The van der Waals surface area contributed by atoms with Crippen molar-refractivity contribution >= 4 is 12.2 Å². The minimum absolute atomic E-state index is 0.171. The minimum Gasteiger partial charge on any atom is -0.465 e. The summed E-state index contributed by atoms with van der Waals surface area (Å²) in [6, 6.07) is 0. The number of carbonyl (C=O) groups is 2. The standard InChI is InChI=1S/C10H16FNO5/c1-10(2,3)17-9(15)16-7-5-12(8(13)14)4-6(7)11/h6-7H,4-5H2,1-3H3,(H,13,14). The zero-order valence-electron chi connectivity index (χ0n) is 9.97. The van der Waals surface area contributed by atoms with Crippen molar-refractivity contribution in [2.45, 2.75) is 38.6 Å². The number of hydrogen-bond donors (Lipinski definition) is 1. The Kier molecular flexibility index (Phi) is 3.79. The molecule has 0 bridgehead atoms. The maximum Gasteiger partial charge on any atom is 0.509 e. The van der Waals surface area contributed by atoms with Crippen molar-refractivity contribution in [2.75, 3.05) is 13.1 Å². The Labute approximate surface area is 98.3 Å². The third kappa shape index (κ3) is 4.08. The first kappa shape index (κ1) is 13.5. The van der Waals surface area contributed by atoms with E-state index in [1.165, 1.54) is 0 Å². The maximum atomic E-state index is 13.4. The summed E-state index contributed by atoms with van der Waals surface area (Å²) in [7, 11) is 0. The molecule has 1 fully saturated rings. The lowest BCUT2D eigenvalue weighted by Gasteiger charge is -2.21. The monoisotopic (exact) mass is 249 g/mol. The van der Waals surface area contributed by atoms with Gasteiger partial charge >= 0.3 is 12.2 Å². The van der Waals surface area contributed by atoms with E-state index in [1.807, 2.05) is 0 Å². The molecular formula is C10H16FNO5. The first-order chi connectivity index (χ1) is 7.69. The number of hydrogen-bond acceptors (Lipinski definition) is 4. The van der Waals surface area contributed by atoms with E-state index >= 15 is 0 Å². The van der Waals surface area contributed by atoms with Crippen LogP contribution in [0.4, 0.5) is 14.0 Å². The van der Waals surface area contributed by atoms with Crippen molar-refractivity contribution in [1.29, 1.82) is 0 Å². The Morgan fingerprint density at radius 3 is 2.35 bits per heavy atom. The van der Waals surface area contributed by atoms with E-state index in [0.29, 0.717) is 0 Å². The van der Waals surface area contributed by atoms with E-state index in [2.05, 4.69) is 0 Å². The highest BCUT2D eigenvalue weighted by Gasteiger charge is 2.39. The number of carbonyl (C=O) groups excluding carboxylic acids is 1. The Balaban J connectivity index is 2.47. The Hall–Kier alpha value is -1.53. The van der Waals surface area contributed by atoms with Crippen LogP contribution in [0.2, 0.25) is 0 Å². The van der Waals surface area contributed by atoms with E-state index in [4.69, 9.17) is 14.6 Å². The maximum absolute atomic E-state index is 13.4. The average Bonchev–Trinajstić information content (AvgIpc) is 2.44. The van der Waals surface area contributed by atoms with Crippen LogP contribution >= 0.6 is 0 Å². The quantitative estimate of drug-likeness (QED) is 0.715. The van der Waals surface area contributed by atoms with Gasteiger partial charge in [0.15, 0.2) is 12.3 Å². The van der Waals surface area contributed by atoms with Gasteiger partial charge in [0, 0.05) is 0 Å². The predicted molar refractivity (Wildman–Crippen MR) is 55.6 cm³/mol. The van der Waals surface area contributed by atoms with Gasteiger partial charge in [0.2, 0.25) is 0 Å². The number of alkyl halides is 1. The third-order valence-corrected chi connectivity index (χ3v) is 2.11. The van der Waals surface area contributed by atoms with Crippen molar-refractivity contribution in [3.05, 3.63) is 0 Å². The molecule has 0 saturated carbocycles. The fraction of sp³-hybridized carbons (Fsp3) is 0.800. The molecular weight excluding hydrogens is 233 g/mol. The second-order valence-corrected chi connectivity index (χ2v) is 4.82. The molecule has 0 aromatic carbocycles. The third-order valence-electron chi connectivity index (χ3n) is 2.11. The van der Waals surface area contributed by atoms with Gasteiger partial charge in [-0.05, 0) is 20.8 Å². The van der Waals surface area contributed by atoms with Crippen LogP contribution in [-0.2, 0) is 9.47 Å². The normalized spacial score (nSPS) is 24.6. The number of amides is 1. The molecule has 2 unspecified atom stereocenters. The Bertz CT molecular complexity index is 314. The molecule has 7 heteroatoms. The lowest BCUT2D eigenvalue weighted by Crippen LogP contribution is -2.32. The Morgan fingerprint density at radius 1 is 1.35 bits per heavy atom. The van der Waals surface area contributed by atoms with Crippen LogP contribution in [0.15, 0.2) is 0 Å². The first-order valence-corrected chi connectivity index (χ1v) is 5.20. The molecule has 1 N–H and O–H groups in total. The highest BCUT2D eigenvalue weighted by Crippen LogP contribution is 2.18. The van der Waals surface area contributed by atoms with Crippen molar-refractivity contribution in [3.8, 4) is 0 Å². The number of likely N-dealkylation sites (tertiary alicyclic amines) is 1. The van der Waals surface area contributed by atoms with Gasteiger partial charge < -0.3 is 19.5 Å². The second kappa shape index (κ2) is 4.77. The van der Waals surface area contributed by atoms with Gasteiger partial charge in [-0.3, -0.25) is 0 Å². The summed E-state index contributed by atoms with van der Waals surface area (Å²) in [6.07, 6.45) is -4.83. The number of ether oxygens (including phenoxy) is 2. The first-order valence-electron chi connectivity index (χ1n) is 5.20. The highest BCUT2D eigenvalue weighted by molar-refractivity contribution is 5.66. The lowest BCUT2D eigenvalue weighted by atomic mass is 10.2. The van der Waals surface area contributed by atoms with Gasteiger partial charge in [-0.25, -0.2) is 14.0 Å². The fourth-order valence-electron chi connectivity index (χ4n) is 1.40. The number of carboxylic acid groups (broad SMARTS) is 1. The van der Waals surface area contributed by atoms with Gasteiger partial charge in [0.1, 0.15) is 5.60 Å². The molecule has 0 radical (unpaired) electrons. The van der Waals surface area contributed by atoms with Gasteiger partial charge in [0.25, 0.3) is 0 Å². The molecule has 6 nitrogen and oxygen atoms in total. The molecule has 1 aliphatic heterocycles. The van der Waals surface area contributed by atoms with E-state index in [9.17, 15) is 14.0 Å². The highest BCUT2D eigenvalue weighted by atomic mass is 19.1. The zero-order chi connectivity index (χ0) is 13.2. The summed E-state index contributed by atoms with van der Waals surface area (Å²) in [5, 5.41) is 8.66. The van der Waals surface area contributed by atoms with Crippen molar-refractivity contribution in [3.63, 3.8) is 0 Å². The van der Waals surface area contributed by atoms with Crippen LogP contribution in [0, 0.1) is 0 Å². The SMILES string of the molecule is CC(C)(C)OC(=O)OC1CN(C(=O)O)CC1F. The van der Waals surface area contributed by atoms with Crippen LogP contribution in [0.1, 0.15) is 20.8 Å². The molecule has 0 aliphatic carbocycles. The lowest BCUT2D eigenvalue weighted by molar-refractivity contribution is -0.0350. The number of halogens is 1. The average molecular weight is 249 g/mol. The van der Waals surface area contributed by atoms with Crippen LogP contribution in [-0.4, -0.2) is 53.2 Å². The molecule has 98 valence electrons. The molecule has 0 aromatic heterocycles. The molecule has 1 aliphatic rings. The van der Waals surface area contributed by atoms with E-state index in [-0.39, 0.29) is 13.1 Å². The topological polar surface area (TPSA) is 76.1 Å². The zero-order valence-corrected chi connectivity index (χ0v) is 9.97. The van der Waals surface area contributed by atoms with E-state index in [1.54, 1.807) is 20.8 Å². The molecule has 1 rings (SSSR count). The van der Waals surface area contributed by atoms with Gasteiger partial charge in [0.05, 0.1) is 13.1 Å². The van der Waals surface area contributed by atoms with Gasteiger partial charge in [-0.1, -0.05) is 0 Å². The number of rotatable bonds is 1. The van der Waals surface area contributed by atoms with Crippen LogP contribution in [0.5, 0.6) is 0 Å². The summed E-state index contributed by atoms with van der Waals surface area (Å²) in [6.45, 7) is 4.50. The largest absolute Gasteiger partial charge is 0.509 e. The summed E-state index contributed by atoms with van der Waals surface area (Å²) in [5.41, 5.74) is -0.728. The number of nitrogens with zero attached hydrogens (tertiary/aromatic N) is 1. The molecule has 0 aromatic rings. The van der Waals surface area contributed by atoms with Crippen LogP contribution in [0.3, 0.4) is 0 Å². The van der Waals surface area contributed by atoms with Crippen molar-refractivity contribution in [1.82, 2.24) is 4.90 Å². The predicted octanol–water partition coefficient (Wildman–Crippen LogP) is 1.64. The summed E-state index contributed by atoms with van der Waals surface area (Å²) in [5.74, 6) is 0.